The predicted molar refractivity (Wildman–Crippen MR) is 383 cm³/mol. The molecule has 0 N–H and O–H groups in total. The zero-order chi connectivity index (χ0) is 73.3. The molecule has 0 saturated carbocycles. The van der Waals surface area contributed by atoms with Crippen molar-refractivity contribution in [1.82, 2.24) is 123 Å². The van der Waals surface area contributed by atoms with Gasteiger partial charge in [-0.3, -0.25) is 14.0 Å². The molecule has 0 aliphatic carbocycles. The molecule has 11 rings (SSSR count). The van der Waals surface area contributed by atoms with Crippen molar-refractivity contribution in [2.24, 2.45) is 28.2 Å². The Morgan fingerprint density at radius 2 is 0.879 bits per heavy atom. The summed E-state index contributed by atoms with van der Waals surface area (Å²) in [6.45, 7) is 63.0. The van der Waals surface area contributed by atoms with Crippen molar-refractivity contribution < 1.29 is 13.6 Å². The monoisotopic (exact) mass is 1360 g/mol. The molecule has 11 heterocycles. The molecule has 28 nitrogen and oxygen atoms in total. The molecular weight excluding hydrogens is 1240 g/mol. The molecule has 0 amide bonds. The van der Waals surface area contributed by atoms with Gasteiger partial charge in [-0.2, -0.15) is 18.2 Å². The number of nitrogens with zero attached hydrogens (tertiary/aromatic N) is 25. The fourth-order valence-corrected chi connectivity index (χ4v) is 4.56. The van der Waals surface area contributed by atoms with Gasteiger partial charge in [-0.25, -0.2) is 24.6 Å². The third-order valence-corrected chi connectivity index (χ3v) is 8.44. The summed E-state index contributed by atoms with van der Waals surface area (Å²) in [5, 5.41) is 50.4. The topological polar surface area (TPSA) is 330 Å². The lowest BCUT2D eigenvalue weighted by atomic mass is 10.4. The van der Waals surface area contributed by atoms with Gasteiger partial charge in [-0.15, -0.1) is 47.0 Å². The number of aromatic nitrogens is 25. The van der Waals surface area contributed by atoms with Gasteiger partial charge in [0, 0.05) is 72.2 Å². The van der Waals surface area contributed by atoms with E-state index in [-0.39, 0.29) is 0 Å². The van der Waals surface area contributed by atoms with Crippen molar-refractivity contribution in [2.45, 2.75) is 222 Å². The normalized spacial score (nSPS) is 7.34. The second kappa shape index (κ2) is 107. The van der Waals surface area contributed by atoms with Crippen LogP contribution in [-0.2, 0) is 28.2 Å². The summed E-state index contributed by atoms with van der Waals surface area (Å²) in [4.78, 5) is 14.5. The molecule has 0 fully saturated rings. The van der Waals surface area contributed by atoms with Crippen molar-refractivity contribution in [3.63, 3.8) is 0 Å². The highest BCUT2D eigenvalue weighted by Gasteiger charge is 1.94. The van der Waals surface area contributed by atoms with Gasteiger partial charge in [0.25, 0.3) is 0 Å². The summed E-state index contributed by atoms with van der Waals surface area (Å²) in [6.07, 6.45) is 21.1. The number of rotatable bonds is 0. The molecule has 526 valence electrons. The van der Waals surface area contributed by atoms with Crippen LogP contribution in [0.15, 0.2) is 106 Å². The molecule has 91 heavy (non-hydrogen) atoms. The molecule has 32 heteroatoms. The number of aryl methyl sites for hydroxylation is 12. The summed E-state index contributed by atoms with van der Waals surface area (Å²) in [5.41, 5.74) is 5.50. The van der Waals surface area contributed by atoms with Gasteiger partial charge in [-0.05, 0) is 64.6 Å². The molecule has 0 radical (unpaired) electrons. The third-order valence-electron chi connectivity index (χ3n) is 6.11. The van der Waals surface area contributed by atoms with Crippen LogP contribution in [-0.4, -0.2) is 123 Å². The van der Waals surface area contributed by atoms with Crippen LogP contribution in [0.3, 0.4) is 0 Å². The Balaban J connectivity index is -0.0000000731. The molecule has 0 aliphatic rings. The van der Waals surface area contributed by atoms with Gasteiger partial charge >= 0.3 is 0 Å². The second-order valence-corrected chi connectivity index (χ2v) is 14.9. The third kappa shape index (κ3) is 98.8. The first-order chi connectivity index (χ1) is 44.3. The van der Waals surface area contributed by atoms with E-state index in [9.17, 15) is 0 Å². The van der Waals surface area contributed by atoms with E-state index in [1.165, 1.54) is 60.2 Å². The predicted octanol–water partition coefficient (Wildman–Crippen LogP) is 17.0. The first kappa shape index (κ1) is 111. The quantitative estimate of drug-likeness (QED) is 0.136. The average molecular weight is 1360 g/mol. The van der Waals surface area contributed by atoms with Gasteiger partial charge in [0.1, 0.15) is 45.9 Å². The molecule has 11 aromatic rings. The molecular formula is C59H123N25O3S4. The lowest BCUT2D eigenvalue weighted by Crippen LogP contribution is -1.85. The van der Waals surface area contributed by atoms with Crippen LogP contribution in [0, 0.1) is 55.4 Å². The molecule has 0 unspecified atom stereocenters. The average Bonchev–Trinajstić information content (AvgIpc) is 4.64. The number of imidazole rings is 1. The van der Waals surface area contributed by atoms with E-state index in [1.54, 1.807) is 94.6 Å². The van der Waals surface area contributed by atoms with Crippen LogP contribution in [0.1, 0.15) is 211 Å². The van der Waals surface area contributed by atoms with E-state index in [0.29, 0.717) is 11.8 Å². The Kier molecular flexibility index (Phi) is 130. The van der Waals surface area contributed by atoms with Gasteiger partial charge in [0.2, 0.25) is 18.2 Å². The highest BCUT2D eigenvalue weighted by atomic mass is 32.1. The number of hydrogen-bond donors (Lipinski definition) is 0. The lowest BCUT2D eigenvalue weighted by Gasteiger charge is -1.76. The molecule has 0 saturated heterocycles. The van der Waals surface area contributed by atoms with Crippen LogP contribution < -0.4 is 0 Å². The maximum atomic E-state index is 4.86. The van der Waals surface area contributed by atoms with E-state index in [2.05, 4.69) is 113 Å². The molecule has 0 spiro atoms. The zero-order valence-corrected chi connectivity index (χ0v) is 66.0. The zero-order valence-electron chi connectivity index (χ0n) is 62.7. The van der Waals surface area contributed by atoms with E-state index in [1.807, 2.05) is 252 Å². The first-order valence-corrected chi connectivity index (χ1v) is 33.9. The van der Waals surface area contributed by atoms with Gasteiger partial charge in [0.15, 0.2) is 6.33 Å². The Bertz CT molecular complexity index is 2200. The minimum Gasteiger partial charge on any atom is -0.426 e. The summed E-state index contributed by atoms with van der Waals surface area (Å²) in [6, 6.07) is 0. The molecule has 0 bridgehead atoms. The maximum Gasteiger partial charge on any atom is 0.213 e. The van der Waals surface area contributed by atoms with E-state index in [0.717, 1.165) is 32.8 Å². The minimum absolute atomic E-state index is 0.623. The van der Waals surface area contributed by atoms with Gasteiger partial charge in [0.05, 0.1) is 48.0 Å². The largest absolute Gasteiger partial charge is 0.426 e. The van der Waals surface area contributed by atoms with Crippen molar-refractivity contribution >= 4 is 46.1 Å². The summed E-state index contributed by atoms with van der Waals surface area (Å²) in [5.74, 6) is 1.25. The molecule has 0 aromatic carbocycles. The van der Waals surface area contributed by atoms with Crippen molar-refractivity contribution in [1.29, 1.82) is 0 Å². The molecule has 0 atom stereocenters. The fraction of sp³-hybridized carbons (Fsp3) is 0.610. The standard InChI is InChI=1S/2C4H6N2O.2C4H6N2S.C4H6N2.3C3H5N3.C2H2N2O.2C2H2N2S.12C2H6/c1-3-5-6-4(2)7-3;1-3-4(2)6-7-5-3;1-3-5-6-4(2)7-3;1-3-4(2)6-7-5-3;1-6-3-2-5-4-6;1-6-3-4-2-5-6;2*1-6-3-2-4-5-6;2*1-3-2-5-4-1;1-2-5-4-3-1;12*1-2/h4*1-2H3;2-4H,1H3;3*2-3H,1H3;3*1-2H;12*1-2H3. The highest BCUT2D eigenvalue weighted by molar-refractivity contribution is 7.11. The van der Waals surface area contributed by atoms with Crippen molar-refractivity contribution in [3.05, 3.63) is 137 Å². The van der Waals surface area contributed by atoms with Crippen LogP contribution in [0.5, 0.6) is 0 Å². The number of hydrogen-bond acceptors (Lipinski definition) is 28. The Labute approximate surface area is 566 Å². The lowest BCUT2D eigenvalue weighted by molar-refractivity contribution is 0.302. The van der Waals surface area contributed by atoms with E-state index < -0.39 is 0 Å². The summed E-state index contributed by atoms with van der Waals surface area (Å²) in [7, 11) is 7.42. The Morgan fingerprint density at radius 3 is 0.989 bits per heavy atom. The van der Waals surface area contributed by atoms with Crippen LogP contribution in [0.4, 0.5) is 0 Å². The van der Waals surface area contributed by atoms with E-state index in [4.69, 9.17) is 4.42 Å². The van der Waals surface area contributed by atoms with Crippen molar-refractivity contribution in [2.75, 3.05) is 0 Å². The molecule has 0 aliphatic heterocycles. The minimum atomic E-state index is 0.623. The Hall–Kier alpha value is -7.71. The SMILES string of the molecule is CC.CC.CC.CC.CC.CC.CC.CC.CC.CC.CC.CC.Cc1nnc(C)o1.Cc1nnc(C)s1.Cc1nonc1C.Cc1nsnc1C.Cn1ccnc1.Cn1ccnn1.Cn1ccnn1.Cn1cncn1.c1csnn1.c1ncon1.c1ncsn1. The maximum absolute atomic E-state index is 4.86. The Morgan fingerprint density at radius 1 is 0.418 bits per heavy atom. The molecule has 11 aromatic heterocycles. The highest BCUT2D eigenvalue weighted by Crippen LogP contribution is 2.04. The summed E-state index contributed by atoms with van der Waals surface area (Å²) >= 11 is 5.59. The fourth-order valence-electron chi connectivity index (χ4n) is 2.88. The van der Waals surface area contributed by atoms with E-state index >= 15 is 0 Å². The first-order valence-electron chi connectivity index (χ1n) is 30.7. The van der Waals surface area contributed by atoms with Crippen LogP contribution >= 0.6 is 46.1 Å². The van der Waals surface area contributed by atoms with Gasteiger partial charge < -0.3 is 13.5 Å². The second-order valence-electron chi connectivity index (χ2n) is 11.8. The van der Waals surface area contributed by atoms with Crippen LogP contribution in [0.25, 0.3) is 0 Å². The van der Waals surface area contributed by atoms with Crippen molar-refractivity contribution in [3.8, 4) is 0 Å². The van der Waals surface area contributed by atoms with Gasteiger partial charge in [-0.1, -0.05) is 197 Å². The van der Waals surface area contributed by atoms with Crippen LogP contribution in [0.2, 0.25) is 0 Å². The summed E-state index contributed by atoms with van der Waals surface area (Å²) < 4.78 is 35.3. The smallest absolute Gasteiger partial charge is 0.213 e.